The number of nitrogens with one attached hydrogen (secondary N) is 1. The number of benzene rings is 1. The summed E-state index contributed by atoms with van der Waals surface area (Å²) in [6.45, 7) is 0.724. The molecule has 114 valence electrons. The zero-order valence-electron chi connectivity index (χ0n) is 11.6. The third kappa shape index (κ3) is 4.53. The van der Waals surface area contributed by atoms with Gasteiger partial charge in [-0.15, -0.1) is 0 Å². The van der Waals surface area contributed by atoms with Gasteiger partial charge in [-0.3, -0.25) is 4.79 Å². The van der Waals surface area contributed by atoms with E-state index in [1.807, 2.05) is 0 Å². The molecule has 1 aliphatic rings. The molecule has 0 saturated carbocycles. The molecule has 0 aromatic heterocycles. The van der Waals surface area contributed by atoms with Gasteiger partial charge in [0.05, 0.1) is 17.4 Å². The lowest BCUT2D eigenvalue weighted by molar-refractivity contribution is -0.117. The summed E-state index contributed by atoms with van der Waals surface area (Å²) in [5.41, 5.74) is -0.174. The first kappa shape index (κ1) is 15.4. The zero-order chi connectivity index (χ0) is 15.2. The third-order valence-corrected chi connectivity index (χ3v) is 3.45. The summed E-state index contributed by atoms with van der Waals surface area (Å²) < 4.78 is 19.1. The first-order valence-electron chi connectivity index (χ1n) is 7.00. The number of anilines is 1. The smallest absolute Gasteiger partial charge is 0.335 e. The highest BCUT2D eigenvalue weighted by molar-refractivity contribution is 5.94. The number of carbonyl (C=O) groups is 2. The molecule has 0 aliphatic carbocycles. The van der Waals surface area contributed by atoms with E-state index in [2.05, 4.69) is 5.32 Å². The van der Waals surface area contributed by atoms with Gasteiger partial charge in [0, 0.05) is 13.0 Å². The maximum absolute atomic E-state index is 13.6. The predicted octanol–water partition coefficient (Wildman–Crippen LogP) is 2.81. The van der Waals surface area contributed by atoms with Crippen molar-refractivity contribution in [3.63, 3.8) is 0 Å². The number of amides is 1. The summed E-state index contributed by atoms with van der Waals surface area (Å²) in [5.74, 6) is -2.16. The van der Waals surface area contributed by atoms with E-state index in [-0.39, 0.29) is 29.7 Å². The van der Waals surface area contributed by atoms with Gasteiger partial charge in [0.25, 0.3) is 0 Å². The summed E-state index contributed by atoms with van der Waals surface area (Å²) in [7, 11) is 0. The van der Waals surface area contributed by atoms with Crippen LogP contribution < -0.4 is 5.32 Å². The molecule has 1 aliphatic heterocycles. The quantitative estimate of drug-likeness (QED) is 0.876. The standard InChI is InChI=1S/C15H18FNO4/c16-12-6-4-10(15(19)20)9-13(12)17-14(18)7-5-11-3-1-2-8-21-11/h4,6,9,11H,1-3,5,7-8H2,(H,17,18)(H,19,20). The van der Waals surface area contributed by atoms with Crippen molar-refractivity contribution in [1.82, 2.24) is 0 Å². The average molecular weight is 295 g/mol. The molecule has 1 aromatic rings. The number of carboxylic acid groups (broad SMARTS) is 1. The van der Waals surface area contributed by atoms with Crippen molar-refractivity contribution in [3.05, 3.63) is 29.6 Å². The number of hydrogen-bond acceptors (Lipinski definition) is 3. The molecule has 1 fully saturated rings. The Morgan fingerprint density at radius 3 is 2.86 bits per heavy atom. The second-order valence-corrected chi connectivity index (χ2v) is 5.08. The Hall–Kier alpha value is -1.95. The SMILES string of the molecule is O=C(CCC1CCCCO1)Nc1cc(C(=O)O)ccc1F. The number of carboxylic acids is 1. The Bertz CT molecular complexity index is 526. The van der Waals surface area contributed by atoms with Crippen LogP contribution in [0, 0.1) is 5.82 Å². The van der Waals surface area contributed by atoms with Gasteiger partial charge >= 0.3 is 5.97 Å². The van der Waals surface area contributed by atoms with Crippen molar-refractivity contribution < 1.29 is 23.8 Å². The number of halogens is 1. The fourth-order valence-corrected chi connectivity index (χ4v) is 2.29. The Morgan fingerprint density at radius 1 is 1.38 bits per heavy atom. The van der Waals surface area contributed by atoms with E-state index in [0.717, 1.165) is 44.1 Å². The average Bonchev–Trinajstić information content (AvgIpc) is 2.48. The van der Waals surface area contributed by atoms with Crippen LogP contribution in [-0.2, 0) is 9.53 Å². The molecule has 2 rings (SSSR count). The van der Waals surface area contributed by atoms with E-state index in [1.165, 1.54) is 0 Å². The van der Waals surface area contributed by atoms with Crippen molar-refractivity contribution in [2.45, 2.75) is 38.2 Å². The Kier molecular flexibility index (Phi) is 5.27. The summed E-state index contributed by atoms with van der Waals surface area (Å²) in [6.07, 6.45) is 3.99. The van der Waals surface area contributed by atoms with Crippen molar-refractivity contribution in [2.24, 2.45) is 0 Å². The molecule has 6 heteroatoms. The van der Waals surface area contributed by atoms with Crippen LogP contribution in [0.3, 0.4) is 0 Å². The molecule has 0 bridgehead atoms. The molecule has 5 nitrogen and oxygen atoms in total. The fourth-order valence-electron chi connectivity index (χ4n) is 2.29. The van der Waals surface area contributed by atoms with Crippen molar-refractivity contribution in [1.29, 1.82) is 0 Å². The molecule has 1 aromatic carbocycles. The van der Waals surface area contributed by atoms with Crippen LogP contribution in [0.4, 0.5) is 10.1 Å². The molecule has 1 saturated heterocycles. The van der Waals surface area contributed by atoms with Gasteiger partial charge in [0.1, 0.15) is 5.82 Å². The fraction of sp³-hybridized carbons (Fsp3) is 0.467. The minimum absolute atomic E-state index is 0.0673. The molecule has 1 atom stereocenters. The van der Waals surface area contributed by atoms with Crippen LogP contribution in [0.2, 0.25) is 0 Å². The first-order valence-corrected chi connectivity index (χ1v) is 7.00. The van der Waals surface area contributed by atoms with Crippen LogP contribution in [0.15, 0.2) is 18.2 Å². The van der Waals surface area contributed by atoms with E-state index >= 15 is 0 Å². The lowest BCUT2D eigenvalue weighted by atomic mass is 10.0. The molecule has 1 heterocycles. The van der Waals surface area contributed by atoms with Gasteiger partial charge in [-0.1, -0.05) is 0 Å². The number of carbonyl (C=O) groups excluding carboxylic acids is 1. The highest BCUT2D eigenvalue weighted by atomic mass is 19.1. The summed E-state index contributed by atoms with van der Waals surface area (Å²) >= 11 is 0. The second-order valence-electron chi connectivity index (χ2n) is 5.08. The van der Waals surface area contributed by atoms with Crippen LogP contribution in [0.25, 0.3) is 0 Å². The van der Waals surface area contributed by atoms with Crippen LogP contribution in [-0.4, -0.2) is 29.7 Å². The number of rotatable bonds is 5. The highest BCUT2D eigenvalue weighted by Crippen LogP contribution is 2.19. The van der Waals surface area contributed by atoms with E-state index in [0.29, 0.717) is 6.42 Å². The van der Waals surface area contributed by atoms with Crippen LogP contribution >= 0.6 is 0 Å². The third-order valence-electron chi connectivity index (χ3n) is 3.45. The van der Waals surface area contributed by atoms with Gasteiger partial charge in [0.15, 0.2) is 0 Å². The predicted molar refractivity (Wildman–Crippen MR) is 74.8 cm³/mol. The van der Waals surface area contributed by atoms with Crippen molar-refractivity contribution in [3.8, 4) is 0 Å². The molecular formula is C15H18FNO4. The van der Waals surface area contributed by atoms with E-state index in [9.17, 15) is 14.0 Å². The van der Waals surface area contributed by atoms with Gasteiger partial charge in [0.2, 0.25) is 5.91 Å². The minimum atomic E-state index is -1.17. The molecule has 0 spiro atoms. The number of aromatic carboxylic acids is 1. The van der Waals surface area contributed by atoms with E-state index in [4.69, 9.17) is 9.84 Å². The van der Waals surface area contributed by atoms with Gasteiger partial charge < -0.3 is 15.2 Å². The van der Waals surface area contributed by atoms with E-state index < -0.39 is 11.8 Å². The normalized spacial score (nSPS) is 18.2. The monoisotopic (exact) mass is 295 g/mol. The summed E-state index contributed by atoms with van der Waals surface area (Å²) in [4.78, 5) is 22.6. The largest absolute Gasteiger partial charge is 0.478 e. The van der Waals surface area contributed by atoms with Crippen LogP contribution in [0.1, 0.15) is 42.5 Å². The van der Waals surface area contributed by atoms with Crippen molar-refractivity contribution in [2.75, 3.05) is 11.9 Å². The molecule has 2 N–H and O–H groups in total. The lowest BCUT2D eigenvalue weighted by Gasteiger charge is -2.22. The second kappa shape index (κ2) is 7.17. The Morgan fingerprint density at radius 2 is 2.19 bits per heavy atom. The van der Waals surface area contributed by atoms with Crippen LogP contribution in [0.5, 0.6) is 0 Å². The molecule has 21 heavy (non-hydrogen) atoms. The molecule has 1 unspecified atom stereocenters. The summed E-state index contributed by atoms with van der Waals surface area (Å²) in [6, 6.07) is 3.30. The number of hydrogen-bond donors (Lipinski definition) is 2. The van der Waals surface area contributed by atoms with Gasteiger partial charge in [-0.2, -0.15) is 0 Å². The van der Waals surface area contributed by atoms with Gasteiger partial charge in [-0.05, 0) is 43.9 Å². The highest BCUT2D eigenvalue weighted by Gasteiger charge is 2.16. The topological polar surface area (TPSA) is 75.6 Å². The van der Waals surface area contributed by atoms with E-state index in [1.54, 1.807) is 0 Å². The lowest BCUT2D eigenvalue weighted by Crippen LogP contribution is -2.22. The van der Waals surface area contributed by atoms with Gasteiger partial charge in [-0.25, -0.2) is 9.18 Å². The maximum Gasteiger partial charge on any atom is 0.335 e. The Balaban J connectivity index is 1.89. The molecule has 0 radical (unpaired) electrons. The zero-order valence-corrected chi connectivity index (χ0v) is 11.6. The summed E-state index contributed by atoms with van der Waals surface area (Å²) in [5, 5.41) is 11.3. The minimum Gasteiger partial charge on any atom is -0.478 e. The first-order chi connectivity index (χ1) is 10.1. The van der Waals surface area contributed by atoms with Crippen molar-refractivity contribution >= 4 is 17.6 Å². The molecular weight excluding hydrogens is 277 g/mol. The maximum atomic E-state index is 13.6. The molecule has 1 amide bonds. The number of ether oxygens (including phenoxy) is 1. The Labute approximate surface area is 122 Å².